The third-order valence-corrected chi connectivity index (χ3v) is 2.73. The molecule has 3 N–H and O–H groups in total. The molecule has 0 aliphatic rings. The molecule has 1 aromatic rings. The third kappa shape index (κ3) is 3.97. The van der Waals surface area contributed by atoms with Gasteiger partial charge in [-0.1, -0.05) is 35.3 Å². The van der Waals surface area contributed by atoms with Crippen LogP contribution in [0.2, 0.25) is 10.0 Å². The lowest BCUT2D eigenvalue weighted by Crippen LogP contribution is -2.25. The Morgan fingerprint density at radius 1 is 1.40 bits per heavy atom. The predicted octanol–water partition coefficient (Wildman–Crippen LogP) is 1.83. The highest BCUT2D eigenvalue weighted by Gasteiger charge is 2.05. The molecule has 0 spiro atoms. The van der Waals surface area contributed by atoms with Gasteiger partial charge in [-0.15, -0.1) is 0 Å². The summed E-state index contributed by atoms with van der Waals surface area (Å²) in [6.45, 7) is 0.694. The van der Waals surface area contributed by atoms with Crippen LogP contribution in [0, 0.1) is 0 Å². The van der Waals surface area contributed by atoms with Crippen LogP contribution in [0.15, 0.2) is 18.2 Å². The highest BCUT2D eigenvalue weighted by Crippen LogP contribution is 2.25. The van der Waals surface area contributed by atoms with Gasteiger partial charge >= 0.3 is 0 Å². The average Bonchev–Trinajstić information content (AvgIpc) is 2.24. The number of aliphatic hydroxyl groups excluding tert-OH is 1. The van der Waals surface area contributed by atoms with Crippen molar-refractivity contribution in [2.45, 2.75) is 12.7 Å². The number of ether oxygens (including phenoxy) is 1. The number of rotatable bonds is 5. The van der Waals surface area contributed by atoms with Gasteiger partial charge in [0.25, 0.3) is 0 Å². The van der Waals surface area contributed by atoms with E-state index in [2.05, 4.69) is 0 Å². The predicted molar refractivity (Wildman–Crippen MR) is 61.2 cm³/mol. The molecule has 5 heteroatoms. The summed E-state index contributed by atoms with van der Waals surface area (Å²) in [4.78, 5) is 0. The first-order valence-corrected chi connectivity index (χ1v) is 5.29. The van der Waals surface area contributed by atoms with Gasteiger partial charge in [-0.05, 0) is 11.6 Å². The van der Waals surface area contributed by atoms with Crippen molar-refractivity contribution in [1.29, 1.82) is 0 Å². The van der Waals surface area contributed by atoms with E-state index in [0.717, 1.165) is 5.56 Å². The van der Waals surface area contributed by atoms with E-state index in [9.17, 15) is 0 Å². The SMILES string of the molecule is NCC(O)COCc1cccc(Cl)c1Cl. The Kier molecular flexibility index (Phi) is 5.36. The van der Waals surface area contributed by atoms with Crippen molar-refractivity contribution in [2.75, 3.05) is 13.2 Å². The van der Waals surface area contributed by atoms with Crippen LogP contribution in [0.5, 0.6) is 0 Å². The first kappa shape index (κ1) is 12.7. The molecule has 0 saturated carbocycles. The van der Waals surface area contributed by atoms with Gasteiger partial charge in [0, 0.05) is 6.54 Å². The molecule has 1 rings (SSSR count). The molecule has 1 unspecified atom stereocenters. The molecule has 0 radical (unpaired) electrons. The zero-order valence-electron chi connectivity index (χ0n) is 8.12. The van der Waals surface area contributed by atoms with Crippen LogP contribution >= 0.6 is 23.2 Å². The summed E-state index contributed by atoms with van der Waals surface area (Å²) in [5.74, 6) is 0. The number of halogens is 2. The molecule has 0 aromatic heterocycles. The Balaban J connectivity index is 2.47. The van der Waals surface area contributed by atoms with E-state index in [0.29, 0.717) is 16.7 Å². The Morgan fingerprint density at radius 2 is 2.13 bits per heavy atom. The first-order valence-electron chi connectivity index (χ1n) is 4.54. The zero-order chi connectivity index (χ0) is 11.3. The van der Waals surface area contributed by atoms with Gasteiger partial charge in [-0.2, -0.15) is 0 Å². The fourth-order valence-corrected chi connectivity index (χ4v) is 1.41. The highest BCUT2D eigenvalue weighted by molar-refractivity contribution is 6.42. The minimum absolute atomic E-state index is 0.184. The normalized spacial score (nSPS) is 12.8. The van der Waals surface area contributed by atoms with Crippen LogP contribution in [-0.4, -0.2) is 24.4 Å². The van der Waals surface area contributed by atoms with Gasteiger partial charge in [-0.3, -0.25) is 0 Å². The van der Waals surface area contributed by atoms with Crippen molar-refractivity contribution in [3.63, 3.8) is 0 Å². The molecule has 0 amide bonds. The summed E-state index contributed by atoms with van der Waals surface area (Å²) in [7, 11) is 0. The van der Waals surface area contributed by atoms with E-state index in [-0.39, 0.29) is 13.2 Å². The standard InChI is InChI=1S/C10H13Cl2NO2/c11-9-3-1-2-7(10(9)12)5-15-6-8(14)4-13/h1-3,8,14H,4-6,13H2. The second kappa shape index (κ2) is 6.30. The Labute approximate surface area is 98.7 Å². The molecule has 0 saturated heterocycles. The molecule has 1 aromatic carbocycles. The second-order valence-electron chi connectivity index (χ2n) is 3.12. The number of benzene rings is 1. The fraction of sp³-hybridized carbons (Fsp3) is 0.400. The van der Waals surface area contributed by atoms with Crippen molar-refractivity contribution in [3.05, 3.63) is 33.8 Å². The Hall–Kier alpha value is -0.320. The molecular formula is C10H13Cl2NO2. The van der Waals surface area contributed by atoms with Crippen molar-refractivity contribution >= 4 is 23.2 Å². The van der Waals surface area contributed by atoms with E-state index in [1.807, 2.05) is 6.07 Å². The molecule has 3 nitrogen and oxygen atoms in total. The van der Waals surface area contributed by atoms with Crippen LogP contribution in [0.25, 0.3) is 0 Å². The lowest BCUT2D eigenvalue weighted by molar-refractivity contribution is 0.0329. The van der Waals surface area contributed by atoms with Gasteiger partial charge in [0.2, 0.25) is 0 Å². The molecule has 0 heterocycles. The maximum Gasteiger partial charge on any atom is 0.0895 e. The minimum atomic E-state index is -0.636. The van der Waals surface area contributed by atoms with Gasteiger partial charge in [0.1, 0.15) is 0 Å². The number of hydrogen-bond acceptors (Lipinski definition) is 3. The quantitative estimate of drug-likeness (QED) is 0.838. The van der Waals surface area contributed by atoms with E-state index in [1.54, 1.807) is 12.1 Å². The van der Waals surface area contributed by atoms with Gasteiger partial charge < -0.3 is 15.6 Å². The summed E-state index contributed by atoms with van der Waals surface area (Å²) in [5.41, 5.74) is 6.03. The van der Waals surface area contributed by atoms with Gasteiger partial charge in [-0.25, -0.2) is 0 Å². The summed E-state index contributed by atoms with van der Waals surface area (Å²) in [6, 6.07) is 5.33. The summed E-state index contributed by atoms with van der Waals surface area (Å²) < 4.78 is 5.24. The summed E-state index contributed by atoms with van der Waals surface area (Å²) in [5, 5.41) is 10.1. The van der Waals surface area contributed by atoms with Crippen LogP contribution in [0.1, 0.15) is 5.56 Å². The third-order valence-electron chi connectivity index (χ3n) is 1.87. The van der Waals surface area contributed by atoms with E-state index < -0.39 is 6.10 Å². The smallest absolute Gasteiger partial charge is 0.0895 e. The minimum Gasteiger partial charge on any atom is -0.389 e. The molecule has 0 fully saturated rings. The van der Waals surface area contributed by atoms with E-state index >= 15 is 0 Å². The zero-order valence-corrected chi connectivity index (χ0v) is 9.63. The molecule has 1 atom stereocenters. The Bertz CT molecular complexity index is 320. The fourth-order valence-electron chi connectivity index (χ4n) is 1.03. The van der Waals surface area contributed by atoms with Gasteiger partial charge in [0.05, 0.1) is 29.4 Å². The van der Waals surface area contributed by atoms with Crippen LogP contribution in [-0.2, 0) is 11.3 Å². The maximum absolute atomic E-state index is 9.15. The van der Waals surface area contributed by atoms with E-state index in [4.69, 9.17) is 38.8 Å². The maximum atomic E-state index is 9.15. The van der Waals surface area contributed by atoms with Crippen LogP contribution in [0.4, 0.5) is 0 Å². The number of nitrogens with two attached hydrogens (primary N) is 1. The van der Waals surface area contributed by atoms with Crippen LogP contribution < -0.4 is 5.73 Å². The molecular weight excluding hydrogens is 237 g/mol. The molecule has 0 aliphatic carbocycles. The average molecular weight is 250 g/mol. The van der Waals surface area contributed by atoms with Gasteiger partial charge in [0.15, 0.2) is 0 Å². The van der Waals surface area contributed by atoms with Crippen molar-refractivity contribution < 1.29 is 9.84 Å². The van der Waals surface area contributed by atoms with Crippen LogP contribution in [0.3, 0.4) is 0 Å². The lowest BCUT2D eigenvalue weighted by atomic mass is 10.2. The van der Waals surface area contributed by atoms with Crippen molar-refractivity contribution in [1.82, 2.24) is 0 Å². The molecule has 0 bridgehead atoms. The molecule has 0 aliphatic heterocycles. The largest absolute Gasteiger partial charge is 0.389 e. The van der Waals surface area contributed by atoms with E-state index in [1.165, 1.54) is 0 Å². The highest BCUT2D eigenvalue weighted by atomic mass is 35.5. The monoisotopic (exact) mass is 249 g/mol. The summed E-state index contributed by atoms with van der Waals surface area (Å²) in [6.07, 6.45) is -0.636. The summed E-state index contributed by atoms with van der Waals surface area (Å²) >= 11 is 11.8. The molecule has 84 valence electrons. The first-order chi connectivity index (χ1) is 7.15. The lowest BCUT2D eigenvalue weighted by Gasteiger charge is -2.10. The number of aliphatic hydroxyl groups is 1. The van der Waals surface area contributed by atoms with Crippen molar-refractivity contribution in [2.24, 2.45) is 5.73 Å². The Morgan fingerprint density at radius 3 is 2.80 bits per heavy atom. The second-order valence-corrected chi connectivity index (χ2v) is 3.90. The molecule has 15 heavy (non-hydrogen) atoms. The van der Waals surface area contributed by atoms with Crippen molar-refractivity contribution in [3.8, 4) is 0 Å². The number of hydrogen-bond donors (Lipinski definition) is 2. The topological polar surface area (TPSA) is 55.5 Å².